The maximum Gasteiger partial charge on any atom is 0.252 e. The number of hydrogen-bond acceptors (Lipinski definition) is 3. The summed E-state index contributed by atoms with van der Waals surface area (Å²) in [5.74, 6) is -0.0917. The highest BCUT2D eigenvalue weighted by Crippen LogP contribution is 2.14. The summed E-state index contributed by atoms with van der Waals surface area (Å²) >= 11 is 5.98. The minimum Gasteiger partial charge on any atom is -0.352 e. The summed E-state index contributed by atoms with van der Waals surface area (Å²) < 4.78 is 0. The van der Waals surface area contributed by atoms with Crippen LogP contribution < -0.4 is 10.6 Å². The summed E-state index contributed by atoms with van der Waals surface area (Å²) in [5, 5.41) is 6.74. The molecule has 1 aromatic rings. The fourth-order valence-corrected chi connectivity index (χ4v) is 2.40. The largest absolute Gasteiger partial charge is 0.352 e. The van der Waals surface area contributed by atoms with E-state index in [0.717, 1.165) is 39.1 Å². The van der Waals surface area contributed by atoms with Crippen LogP contribution in [0.4, 0.5) is 0 Å². The summed E-state index contributed by atoms with van der Waals surface area (Å²) in [5.41, 5.74) is 0.548. The maximum atomic E-state index is 11.9. The van der Waals surface area contributed by atoms with E-state index in [4.69, 9.17) is 11.6 Å². The molecule has 19 heavy (non-hydrogen) atoms. The van der Waals surface area contributed by atoms with Crippen LogP contribution in [0.1, 0.15) is 16.8 Å². The molecule has 1 saturated heterocycles. The molecule has 2 rings (SSSR count). The fourth-order valence-electron chi connectivity index (χ4n) is 2.18. The lowest BCUT2D eigenvalue weighted by molar-refractivity contribution is 0.0951. The molecule has 4 nitrogen and oxygen atoms in total. The number of hydrogen-bond donors (Lipinski definition) is 2. The Balaban J connectivity index is 1.68. The molecule has 0 atom stereocenters. The molecule has 1 aromatic carbocycles. The first-order valence-electron chi connectivity index (χ1n) is 6.73. The first-order valence-corrected chi connectivity index (χ1v) is 7.11. The van der Waals surface area contributed by atoms with Gasteiger partial charge in [0, 0.05) is 32.7 Å². The van der Waals surface area contributed by atoms with Gasteiger partial charge < -0.3 is 15.5 Å². The average Bonchev–Trinajstić information content (AvgIpc) is 2.45. The molecule has 1 heterocycles. The topological polar surface area (TPSA) is 44.4 Å². The molecule has 1 fully saturated rings. The Morgan fingerprint density at radius 2 is 2.05 bits per heavy atom. The fraction of sp³-hybridized carbons (Fsp3) is 0.500. The second-order valence-electron chi connectivity index (χ2n) is 4.68. The number of carbonyl (C=O) groups excluding carboxylic acids is 1. The van der Waals surface area contributed by atoms with Gasteiger partial charge in [0.25, 0.3) is 5.91 Å². The zero-order valence-corrected chi connectivity index (χ0v) is 11.7. The van der Waals surface area contributed by atoms with E-state index in [9.17, 15) is 4.79 Å². The highest BCUT2D eigenvalue weighted by molar-refractivity contribution is 6.33. The first kappa shape index (κ1) is 14.3. The molecule has 0 unspecified atom stereocenters. The van der Waals surface area contributed by atoms with Crippen molar-refractivity contribution in [2.24, 2.45) is 0 Å². The zero-order chi connectivity index (χ0) is 13.5. The van der Waals surface area contributed by atoms with Crippen molar-refractivity contribution in [2.75, 3.05) is 39.3 Å². The Kier molecular flexibility index (Phi) is 5.63. The molecule has 1 aliphatic rings. The minimum absolute atomic E-state index is 0.0917. The van der Waals surface area contributed by atoms with E-state index in [1.54, 1.807) is 12.1 Å². The summed E-state index contributed by atoms with van der Waals surface area (Å²) in [6.07, 6.45) is 0.968. The Morgan fingerprint density at radius 3 is 2.79 bits per heavy atom. The van der Waals surface area contributed by atoms with E-state index < -0.39 is 0 Å². The van der Waals surface area contributed by atoms with Crippen molar-refractivity contribution in [3.8, 4) is 0 Å². The van der Waals surface area contributed by atoms with Crippen LogP contribution in [0.25, 0.3) is 0 Å². The average molecular weight is 282 g/mol. The van der Waals surface area contributed by atoms with Crippen molar-refractivity contribution in [1.82, 2.24) is 15.5 Å². The predicted molar refractivity (Wildman–Crippen MR) is 77.7 cm³/mol. The lowest BCUT2D eigenvalue weighted by Crippen LogP contribution is -2.44. The molecule has 1 aliphatic heterocycles. The second-order valence-corrected chi connectivity index (χ2v) is 5.09. The lowest BCUT2D eigenvalue weighted by Gasteiger charge is -2.27. The minimum atomic E-state index is -0.0917. The van der Waals surface area contributed by atoms with Gasteiger partial charge in [-0.1, -0.05) is 23.7 Å². The number of benzene rings is 1. The SMILES string of the molecule is O=C(NCCCN1CCNCC1)c1ccccc1Cl. The van der Waals surface area contributed by atoms with E-state index >= 15 is 0 Å². The highest BCUT2D eigenvalue weighted by Gasteiger charge is 2.10. The van der Waals surface area contributed by atoms with Crippen LogP contribution >= 0.6 is 11.6 Å². The number of nitrogens with zero attached hydrogens (tertiary/aromatic N) is 1. The molecule has 104 valence electrons. The standard InChI is InChI=1S/C14H20ClN3O/c15-13-5-2-1-4-12(13)14(19)17-6-3-9-18-10-7-16-8-11-18/h1-2,4-5,16H,3,6-11H2,(H,17,19). The summed E-state index contributed by atoms with van der Waals surface area (Å²) in [4.78, 5) is 14.3. The maximum absolute atomic E-state index is 11.9. The summed E-state index contributed by atoms with van der Waals surface area (Å²) in [6, 6.07) is 7.12. The van der Waals surface area contributed by atoms with Gasteiger partial charge in [0.2, 0.25) is 0 Å². The molecule has 0 spiro atoms. The number of carbonyl (C=O) groups is 1. The molecule has 0 aromatic heterocycles. The van der Waals surface area contributed by atoms with Crippen LogP contribution in [-0.4, -0.2) is 50.1 Å². The summed E-state index contributed by atoms with van der Waals surface area (Å²) in [7, 11) is 0. The number of rotatable bonds is 5. The van der Waals surface area contributed by atoms with Crippen molar-refractivity contribution < 1.29 is 4.79 Å². The van der Waals surface area contributed by atoms with E-state index in [2.05, 4.69) is 15.5 Å². The van der Waals surface area contributed by atoms with Gasteiger partial charge in [0.15, 0.2) is 0 Å². The van der Waals surface area contributed by atoms with Crippen LogP contribution in [-0.2, 0) is 0 Å². The van der Waals surface area contributed by atoms with Crippen LogP contribution in [0.5, 0.6) is 0 Å². The Bertz CT molecular complexity index is 419. The van der Waals surface area contributed by atoms with Gasteiger partial charge >= 0.3 is 0 Å². The number of amides is 1. The molecule has 5 heteroatoms. The van der Waals surface area contributed by atoms with Gasteiger partial charge in [0.1, 0.15) is 0 Å². The van der Waals surface area contributed by atoms with Crippen LogP contribution in [0.2, 0.25) is 5.02 Å². The smallest absolute Gasteiger partial charge is 0.252 e. The van der Waals surface area contributed by atoms with Crippen LogP contribution in [0.3, 0.4) is 0 Å². The van der Waals surface area contributed by atoms with Gasteiger partial charge in [-0.2, -0.15) is 0 Å². The van der Waals surface area contributed by atoms with Crippen molar-refractivity contribution in [2.45, 2.75) is 6.42 Å². The number of halogens is 1. The number of nitrogens with one attached hydrogen (secondary N) is 2. The van der Waals surface area contributed by atoms with Crippen LogP contribution in [0.15, 0.2) is 24.3 Å². The van der Waals surface area contributed by atoms with Gasteiger partial charge in [-0.3, -0.25) is 4.79 Å². The van der Waals surface area contributed by atoms with E-state index in [1.807, 2.05) is 12.1 Å². The Labute approximate surface area is 119 Å². The van der Waals surface area contributed by atoms with E-state index in [1.165, 1.54) is 0 Å². The van der Waals surface area contributed by atoms with Crippen LogP contribution in [0, 0.1) is 0 Å². The molecular weight excluding hydrogens is 262 g/mol. The van der Waals surface area contributed by atoms with Crippen molar-refractivity contribution in [3.05, 3.63) is 34.9 Å². The van der Waals surface area contributed by atoms with Gasteiger partial charge in [-0.15, -0.1) is 0 Å². The first-order chi connectivity index (χ1) is 9.27. The molecule has 0 bridgehead atoms. The third kappa shape index (κ3) is 4.49. The summed E-state index contributed by atoms with van der Waals surface area (Å²) in [6.45, 7) is 6.04. The molecule has 0 saturated carbocycles. The molecular formula is C14H20ClN3O. The quantitative estimate of drug-likeness (QED) is 0.801. The third-order valence-corrected chi connectivity index (χ3v) is 3.59. The zero-order valence-electron chi connectivity index (χ0n) is 11.0. The molecule has 1 amide bonds. The Hall–Kier alpha value is -1.10. The van der Waals surface area contributed by atoms with E-state index in [0.29, 0.717) is 17.1 Å². The third-order valence-electron chi connectivity index (χ3n) is 3.26. The number of piperazine rings is 1. The molecule has 0 aliphatic carbocycles. The van der Waals surface area contributed by atoms with Crippen molar-refractivity contribution in [3.63, 3.8) is 0 Å². The van der Waals surface area contributed by atoms with Gasteiger partial charge in [-0.25, -0.2) is 0 Å². The second kappa shape index (κ2) is 7.48. The lowest BCUT2D eigenvalue weighted by atomic mass is 10.2. The predicted octanol–water partition coefficient (Wildman–Crippen LogP) is 1.37. The monoisotopic (exact) mass is 281 g/mol. The van der Waals surface area contributed by atoms with Crippen molar-refractivity contribution in [1.29, 1.82) is 0 Å². The van der Waals surface area contributed by atoms with Crippen molar-refractivity contribution >= 4 is 17.5 Å². The highest BCUT2D eigenvalue weighted by atomic mass is 35.5. The van der Waals surface area contributed by atoms with E-state index in [-0.39, 0.29) is 5.91 Å². The Morgan fingerprint density at radius 1 is 1.32 bits per heavy atom. The van der Waals surface area contributed by atoms with Gasteiger partial charge in [-0.05, 0) is 25.1 Å². The normalized spacial score (nSPS) is 16.3. The molecule has 0 radical (unpaired) electrons. The molecule has 2 N–H and O–H groups in total. The van der Waals surface area contributed by atoms with Gasteiger partial charge in [0.05, 0.1) is 10.6 Å².